The van der Waals surface area contributed by atoms with Gasteiger partial charge >= 0.3 is 0 Å². The zero-order valence-electron chi connectivity index (χ0n) is 15.8. The fraction of sp³-hybridized carbons (Fsp3) is 0.450. The number of methoxy groups -OCH3 is 1. The number of carbonyl (C=O) groups is 2. The quantitative estimate of drug-likeness (QED) is 0.807. The van der Waals surface area contributed by atoms with Crippen LogP contribution in [0.25, 0.3) is 0 Å². The molecule has 0 N–H and O–H groups in total. The second kappa shape index (κ2) is 7.35. The Balaban J connectivity index is 1.51. The minimum atomic E-state index is -0.404. The molecule has 2 aliphatic rings. The van der Waals surface area contributed by atoms with Crippen molar-refractivity contribution < 1.29 is 18.7 Å². The van der Waals surface area contributed by atoms with Crippen LogP contribution in [0.5, 0.6) is 0 Å². The second-order valence-corrected chi connectivity index (χ2v) is 7.34. The Labute approximate surface area is 162 Å². The minimum absolute atomic E-state index is 0.0587. The molecule has 4 rings (SSSR count). The number of piperidine rings is 1. The summed E-state index contributed by atoms with van der Waals surface area (Å²) in [5.41, 5.74) is 0.0709. The fourth-order valence-corrected chi connectivity index (χ4v) is 4.16. The van der Waals surface area contributed by atoms with Gasteiger partial charge in [-0.25, -0.2) is 9.07 Å². The number of rotatable bonds is 4. The van der Waals surface area contributed by atoms with Gasteiger partial charge in [0.2, 0.25) is 5.91 Å². The van der Waals surface area contributed by atoms with Crippen LogP contribution >= 0.6 is 0 Å². The van der Waals surface area contributed by atoms with Crippen LogP contribution in [0, 0.1) is 5.82 Å². The van der Waals surface area contributed by atoms with Gasteiger partial charge in [-0.1, -0.05) is 0 Å². The molecule has 0 unspecified atom stereocenters. The summed E-state index contributed by atoms with van der Waals surface area (Å²) in [6.07, 6.45) is 3.38. The molecule has 2 aliphatic heterocycles. The highest BCUT2D eigenvalue weighted by Crippen LogP contribution is 2.40. The maximum atomic E-state index is 13.1. The first-order valence-corrected chi connectivity index (χ1v) is 9.43. The molecule has 1 saturated heterocycles. The standard InChI is InChI=1S/C20H23FN4O3/c1-28-13-12-24-17-6-9-22-25(17)20(14-18(24)26)7-10-23(11-8-20)19(27)15-2-4-16(21)5-3-15/h2-6,9H,7-8,10-14H2,1H3. The molecule has 3 heterocycles. The summed E-state index contributed by atoms with van der Waals surface area (Å²) >= 11 is 0. The first-order chi connectivity index (χ1) is 13.5. The summed E-state index contributed by atoms with van der Waals surface area (Å²) in [6.45, 7) is 2.01. The Morgan fingerprint density at radius 3 is 2.61 bits per heavy atom. The third-order valence-electron chi connectivity index (χ3n) is 5.72. The van der Waals surface area contributed by atoms with Gasteiger partial charge < -0.3 is 9.64 Å². The normalized spacial score (nSPS) is 18.4. The predicted octanol–water partition coefficient (Wildman–Crippen LogP) is 2.04. The summed E-state index contributed by atoms with van der Waals surface area (Å²) in [5, 5.41) is 4.50. The van der Waals surface area contributed by atoms with Gasteiger partial charge in [-0.05, 0) is 37.1 Å². The predicted molar refractivity (Wildman–Crippen MR) is 101 cm³/mol. The van der Waals surface area contributed by atoms with Crippen LogP contribution in [0.4, 0.5) is 10.2 Å². The molecule has 28 heavy (non-hydrogen) atoms. The first-order valence-electron chi connectivity index (χ1n) is 9.43. The number of hydrogen-bond acceptors (Lipinski definition) is 4. The topological polar surface area (TPSA) is 67.7 Å². The lowest BCUT2D eigenvalue weighted by molar-refractivity contribution is -0.123. The molecule has 2 aromatic rings. The van der Waals surface area contributed by atoms with Crippen molar-refractivity contribution in [3.63, 3.8) is 0 Å². The van der Waals surface area contributed by atoms with Crippen molar-refractivity contribution in [1.29, 1.82) is 0 Å². The lowest BCUT2D eigenvalue weighted by Crippen LogP contribution is -2.55. The van der Waals surface area contributed by atoms with Crippen molar-refractivity contribution in [2.45, 2.75) is 24.8 Å². The Morgan fingerprint density at radius 2 is 1.93 bits per heavy atom. The zero-order chi connectivity index (χ0) is 19.7. The van der Waals surface area contributed by atoms with Gasteiger partial charge in [0.25, 0.3) is 5.91 Å². The lowest BCUT2D eigenvalue weighted by atomic mass is 9.82. The summed E-state index contributed by atoms with van der Waals surface area (Å²) < 4.78 is 20.2. The van der Waals surface area contributed by atoms with Crippen molar-refractivity contribution in [2.75, 3.05) is 38.3 Å². The van der Waals surface area contributed by atoms with Crippen LogP contribution in [-0.2, 0) is 15.1 Å². The summed E-state index contributed by atoms with van der Waals surface area (Å²) in [5.74, 6) is 0.369. The van der Waals surface area contributed by atoms with E-state index in [4.69, 9.17) is 4.74 Å². The molecule has 1 fully saturated rings. The molecule has 8 heteroatoms. The van der Waals surface area contributed by atoms with E-state index in [-0.39, 0.29) is 17.6 Å². The number of halogens is 1. The molecular formula is C20H23FN4O3. The highest BCUT2D eigenvalue weighted by Gasteiger charge is 2.46. The van der Waals surface area contributed by atoms with Gasteiger partial charge in [-0.2, -0.15) is 5.10 Å². The maximum Gasteiger partial charge on any atom is 0.253 e. The van der Waals surface area contributed by atoms with Crippen LogP contribution in [0.15, 0.2) is 36.5 Å². The van der Waals surface area contributed by atoms with Crippen LogP contribution in [-0.4, -0.2) is 59.8 Å². The van der Waals surface area contributed by atoms with Gasteiger partial charge in [0.05, 0.1) is 31.3 Å². The van der Waals surface area contributed by atoms with Crippen LogP contribution < -0.4 is 4.90 Å². The number of aromatic nitrogens is 2. The second-order valence-electron chi connectivity index (χ2n) is 7.34. The lowest BCUT2D eigenvalue weighted by Gasteiger charge is -2.46. The zero-order valence-corrected chi connectivity index (χ0v) is 15.8. The number of amides is 2. The summed E-state index contributed by atoms with van der Waals surface area (Å²) in [4.78, 5) is 29.0. The van der Waals surface area contributed by atoms with E-state index in [2.05, 4.69) is 5.10 Å². The molecule has 0 saturated carbocycles. The highest BCUT2D eigenvalue weighted by atomic mass is 19.1. The Hall–Kier alpha value is -2.74. The van der Waals surface area contributed by atoms with E-state index in [1.807, 2.05) is 10.7 Å². The van der Waals surface area contributed by atoms with Crippen molar-refractivity contribution in [2.24, 2.45) is 0 Å². The SMILES string of the molecule is COCCN1C(=O)CC2(CCN(C(=O)c3ccc(F)cc3)CC2)n2nccc21. The van der Waals surface area contributed by atoms with Gasteiger partial charge in [-0.3, -0.25) is 14.5 Å². The number of nitrogens with zero attached hydrogens (tertiary/aromatic N) is 4. The number of anilines is 1. The molecule has 148 valence electrons. The summed E-state index contributed by atoms with van der Waals surface area (Å²) in [6, 6.07) is 7.45. The monoisotopic (exact) mass is 386 g/mol. The van der Waals surface area contributed by atoms with E-state index in [1.54, 1.807) is 23.1 Å². The molecule has 7 nitrogen and oxygen atoms in total. The van der Waals surface area contributed by atoms with Crippen molar-refractivity contribution >= 4 is 17.6 Å². The van der Waals surface area contributed by atoms with Gasteiger partial charge in [-0.15, -0.1) is 0 Å². The van der Waals surface area contributed by atoms with E-state index in [0.29, 0.717) is 51.1 Å². The molecule has 2 amide bonds. The third kappa shape index (κ3) is 3.17. The van der Waals surface area contributed by atoms with Gasteiger partial charge in [0.1, 0.15) is 11.6 Å². The molecule has 0 bridgehead atoms. The molecule has 0 aliphatic carbocycles. The highest BCUT2D eigenvalue weighted by molar-refractivity contribution is 5.95. The van der Waals surface area contributed by atoms with Crippen molar-refractivity contribution in [3.05, 3.63) is 47.9 Å². The average molecular weight is 386 g/mol. The van der Waals surface area contributed by atoms with Crippen LogP contribution in [0.2, 0.25) is 0 Å². The van der Waals surface area contributed by atoms with E-state index >= 15 is 0 Å². The van der Waals surface area contributed by atoms with Gasteiger partial charge in [0, 0.05) is 31.8 Å². The van der Waals surface area contributed by atoms with E-state index < -0.39 is 5.54 Å². The van der Waals surface area contributed by atoms with E-state index in [0.717, 1.165) is 5.82 Å². The van der Waals surface area contributed by atoms with Crippen molar-refractivity contribution in [3.8, 4) is 0 Å². The fourth-order valence-electron chi connectivity index (χ4n) is 4.16. The molecule has 1 aromatic carbocycles. The van der Waals surface area contributed by atoms with Crippen LogP contribution in [0.1, 0.15) is 29.6 Å². The first kappa shape index (κ1) is 18.6. The number of fused-ring (bicyclic) bond motifs is 2. The largest absolute Gasteiger partial charge is 0.383 e. The smallest absolute Gasteiger partial charge is 0.253 e. The Bertz CT molecular complexity index is 872. The number of carbonyl (C=O) groups excluding carboxylic acids is 2. The van der Waals surface area contributed by atoms with Crippen molar-refractivity contribution in [1.82, 2.24) is 14.7 Å². The molecule has 1 spiro atoms. The van der Waals surface area contributed by atoms with E-state index in [1.165, 1.54) is 24.3 Å². The van der Waals surface area contributed by atoms with Gasteiger partial charge in [0.15, 0.2) is 0 Å². The third-order valence-corrected chi connectivity index (χ3v) is 5.72. The number of likely N-dealkylation sites (tertiary alicyclic amines) is 1. The Kier molecular flexibility index (Phi) is 4.89. The van der Waals surface area contributed by atoms with E-state index in [9.17, 15) is 14.0 Å². The summed E-state index contributed by atoms with van der Waals surface area (Å²) in [7, 11) is 1.61. The maximum absolute atomic E-state index is 13.1. The Morgan fingerprint density at radius 1 is 1.21 bits per heavy atom. The number of benzene rings is 1. The molecule has 0 radical (unpaired) electrons. The molecular weight excluding hydrogens is 363 g/mol. The molecule has 1 aromatic heterocycles. The number of ether oxygens (including phenoxy) is 1. The molecule has 0 atom stereocenters. The number of hydrogen-bond donors (Lipinski definition) is 0. The van der Waals surface area contributed by atoms with Crippen LogP contribution in [0.3, 0.4) is 0 Å². The average Bonchev–Trinajstić information content (AvgIpc) is 3.19. The minimum Gasteiger partial charge on any atom is -0.383 e.